The first-order valence-electron chi connectivity index (χ1n) is 10.7. The van der Waals surface area contributed by atoms with E-state index < -0.39 is 0 Å². The van der Waals surface area contributed by atoms with Crippen LogP contribution in [-0.2, 0) is 0 Å². The third-order valence-corrected chi connectivity index (χ3v) is 5.75. The van der Waals surface area contributed by atoms with E-state index in [1.54, 1.807) is 31.4 Å². The summed E-state index contributed by atoms with van der Waals surface area (Å²) in [5, 5.41) is 5.90. The highest BCUT2D eigenvalue weighted by Gasteiger charge is 2.12. The molecule has 1 heterocycles. The van der Waals surface area contributed by atoms with Gasteiger partial charge in [0.05, 0.1) is 7.11 Å². The van der Waals surface area contributed by atoms with Crippen molar-refractivity contribution in [2.45, 2.75) is 26.2 Å². The number of aromatic nitrogens is 1. The zero-order valence-corrected chi connectivity index (χ0v) is 19.5. The monoisotopic (exact) mass is 459 g/mol. The number of oxazole rings is 1. The Morgan fingerprint density at radius 1 is 1.12 bits per heavy atom. The van der Waals surface area contributed by atoms with Gasteiger partial charge in [0.15, 0.2) is 10.7 Å². The molecule has 0 saturated carbocycles. The van der Waals surface area contributed by atoms with Crippen LogP contribution in [0.3, 0.4) is 0 Å². The SMILES string of the molecule is CC[C@H](C)c1ccc2oc(-c3ccc(NC(=S)NC(=O)c4cccc(OC)c4)cc3)nc2c1. The second-order valence-electron chi connectivity index (χ2n) is 7.77. The number of rotatable bonds is 6. The van der Waals surface area contributed by atoms with Gasteiger partial charge in [-0.3, -0.25) is 10.1 Å². The second-order valence-corrected chi connectivity index (χ2v) is 8.18. The van der Waals surface area contributed by atoms with E-state index in [4.69, 9.17) is 21.4 Å². The van der Waals surface area contributed by atoms with Crippen LogP contribution in [0.25, 0.3) is 22.6 Å². The molecule has 2 N–H and O–H groups in total. The summed E-state index contributed by atoms with van der Waals surface area (Å²) in [5.41, 5.74) is 4.93. The molecule has 4 aromatic rings. The van der Waals surface area contributed by atoms with Gasteiger partial charge in [0.1, 0.15) is 11.3 Å². The van der Waals surface area contributed by atoms with Gasteiger partial charge in [-0.2, -0.15) is 0 Å². The maximum Gasteiger partial charge on any atom is 0.257 e. The van der Waals surface area contributed by atoms with Crippen LogP contribution in [0.2, 0.25) is 0 Å². The quantitative estimate of drug-likeness (QED) is 0.337. The van der Waals surface area contributed by atoms with Crippen LogP contribution in [-0.4, -0.2) is 23.1 Å². The number of carbonyl (C=O) groups is 1. The van der Waals surface area contributed by atoms with Crippen LogP contribution >= 0.6 is 12.2 Å². The number of nitrogens with one attached hydrogen (secondary N) is 2. The van der Waals surface area contributed by atoms with E-state index in [1.807, 2.05) is 30.3 Å². The fraction of sp³-hybridized carbons (Fsp3) is 0.192. The predicted molar refractivity (Wildman–Crippen MR) is 135 cm³/mol. The number of ether oxygens (including phenoxy) is 1. The Morgan fingerprint density at radius 3 is 2.64 bits per heavy atom. The van der Waals surface area contributed by atoms with Crippen LogP contribution in [0.1, 0.15) is 42.1 Å². The standard InChI is InChI=1S/C26H25N3O3S/c1-4-16(2)18-10-13-23-22(15-18)28-25(32-23)17-8-11-20(12-9-17)27-26(33)29-24(30)19-6-5-7-21(14-19)31-3/h5-16H,4H2,1-3H3,(H2,27,29,30,33)/t16-/m0/s1. The topological polar surface area (TPSA) is 76.4 Å². The molecule has 0 fully saturated rings. The third-order valence-electron chi connectivity index (χ3n) is 5.54. The minimum atomic E-state index is -0.314. The van der Waals surface area contributed by atoms with Gasteiger partial charge >= 0.3 is 0 Å². The molecule has 0 bridgehead atoms. The molecule has 0 unspecified atom stereocenters. The number of fused-ring (bicyclic) bond motifs is 1. The number of carbonyl (C=O) groups excluding carboxylic acids is 1. The zero-order valence-electron chi connectivity index (χ0n) is 18.7. The Morgan fingerprint density at radius 2 is 1.91 bits per heavy atom. The maximum absolute atomic E-state index is 12.4. The highest BCUT2D eigenvalue weighted by Crippen LogP contribution is 2.28. The molecule has 1 atom stereocenters. The van der Waals surface area contributed by atoms with Gasteiger partial charge < -0.3 is 14.5 Å². The van der Waals surface area contributed by atoms with E-state index in [1.165, 1.54) is 5.56 Å². The van der Waals surface area contributed by atoms with E-state index in [9.17, 15) is 4.79 Å². The van der Waals surface area contributed by atoms with Crippen LogP contribution in [0.5, 0.6) is 5.75 Å². The number of benzene rings is 3. The van der Waals surface area contributed by atoms with E-state index in [0.29, 0.717) is 23.1 Å². The van der Waals surface area contributed by atoms with Gasteiger partial charge in [-0.15, -0.1) is 0 Å². The van der Waals surface area contributed by atoms with Crippen molar-refractivity contribution in [1.29, 1.82) is 0 Å². The summed E-state index contributed by atoms with van der Waals surface area (Å²) < 4.78 is 11.1. The van der Waals surface area contributed by atoms with Crippen molar-refractivity contribution < 1.29 is 13.9 Å². The maximum atomic E-state index is 12.4. The van der Waals surface area contributed by atoms with Gasteiger partial charge in [-0.05, 0) is 84.7 Å². The third kappa shape index (κ3) is 5.21. The lowest BCUT2D eigenvalue weighted by molar-refractivity contribution is 0.0977. The molecular formula is C26H25N3O3S. The summed E-state index contributed by atoms with van der Waals surface area (Å²) in [6, 6.07) is 20.6. The Balaban J connectivity index is 1.42. The summed E-state index contributed by atoms with van der Waals surface area (Å²) in [6.45, 7) is 4.38. The van der Waals surface area contributed by atoms with Crippen LogP contribution < -0.4 is 15.4 Å². The van der Waals surface area contributed by atoms with Crippen molar-refractivity contribution in [1.82, 2.24) is 10.3 Å². The summed E-state index contributed by atoms with van der Waals surface area (Å²) in [4.78, 5) is 17.1. The molecule has 0 aliphatic heterocycles. The molecule has 168 valence electrons. The number of nitrogens with zero attached hydrogens (tertiary/aromatic N) is 1. The first-order valence-corrected chi connectivity index (χ1v) is 11.1. The Kier molecular flexibility index (Phi) is 6.70. The molecule has 7 heteroatoms. The van der Waals surface area contributed by atoms with Gasteiger partial charge in [0.2, 0.25) is 5.89 Å². The van der Waals surface area contributed by atoms with Gasteiger partial charge in [0.25, 0.3) is 5.91 Å². The van der Waals surface area contributed by atoms with Gasteiger partial charge in [0, 0.05) is 16.8 Å². The van der Waals surface area contributed by atoms with E-state index >= 15 is 0 Å². The molecule has 0 aliphatic carbocycles. The van der Waals surface area contributed by atoms with Crippen LogP contribution in [0.15, 0.2) is 71.1 Å². The highest BCUT2D eigenvalue weighted by molar-refractivity contribution is 7.80. The molecule has 3 aromatic carbocycles. The smallest absolute Gasteiger partial charge is 0.257 e. The van der Waals surface area contributed by atoms with Crippen molar-refractivity contribution in [3.63, 3.8) is 0 Å². The number of methoxy groups -OCH3 is 1. The van der Waals surface area contributed by atoms with Crippen LogP contribution in [0, 0.1) is 0 Å². The molecule has 6 nitrogen and oxygen atoms in total. The molecule has 0 spiro atoms. The second kappa shape index (κ2) is 9.83. The number of hydrogen-bond acceptors (Lipinski definition) is 5. The van der Waals surface area contributed by atoms with Crippen molar-refractivity contribution in [2.75, 3.05) is 12.4 Å². The molecule has 0 radical (unpaired) electrons. The Hall–Kier alpha value is -3.71. The Labute approximate surface area is 198 Å². The normalized spacial score (nSPS) is 11.7. The lowest BCUT2D eigenvalue weighted by Crippen LogP contribution is -2.34. The lowest BCUT2D eigenvalue weighted by atomic mass is 9.98. The summed E-state index contributed by atoms with van der Waals surface area (Å²) in [5.74, 6) is 1.33. The molecule has 1 aromatic heterocycles. The predicted octanol–water partition coefficient (Wildman–Crippen LogP) is 6.14. The average molecular weight is 460 g/mol. The molecular weight excluding hydrogens is 434 g/mol. The van der Waals surface area contributed by atoms with Crippen LogP contribution in [0.4, 0.5) is 5.69 Å². The fourth-order valence-corrected chi connectivity index (χ4v) is 3.62. The average Bonchev–Trinajstić information content (AvgIpc) is 3.27. The summed E-state index contributed by atoms with van der Waals surface area (Å²) in [6.07, 6.45) is 1.08. The number of anilines is 1. The zero-order chi connectivity index (χ0) is 23.4. The van der Waals surface area contributed by atoms with E-state index in [0.717, 1.165) is 28.8 Å². The molecule has 1 amide bonds. The molecule has 4 rings (SSSR count). The lowest BCUT2D eigenvalue weighted by Gasteiger charge is -2.10. The molecule has 0 aliphatic rings. The number of thiocarbonyl (C=S) groups is 1. The minimum Gasteiger partial charge on any atom is -0.497 e. The number of hydrogen-bond donors (Lipinski definition) is 2. The summed E-state index contributed by atoms with van der Waals surface area (Å²) in [7, 11) is 1.55. The van der Waals surface area contributed by atoms with Crippen molar-refractivity contribution in [3.05, 3.63) is 77.9 Å². The highest BCUT2D eigenvalue weighted by atomic mass is 32.1. The molecule has 33 heavy (non-hydrogen) atoms. The van der Waals surface area contributed by atoms with E-state index in [-0.39, 0.29) is 11.0 Å². The first kappa shape index (κ1) is 22.5. The van der Waals surface area contributed by atoms with E-state index in [2.05, 4.69) is 41.6 Å². The number of amides is 1. The Bertz CT molecular complexity index is 1300. The fourth-order valence-electron chi connectivity index (χ4n) is 3.41. The largest absolute Gasteiger partial charge is 0.497 e. The van der Waals surface area contributed by atoms with Crippen molar-refractivity contribution in [2.24, 2.45) is 0 Å². The minimum absolute atomic E-state index is 0.204. The van der Waals surface area contributed by atoms with Crippen molar-refractivity contribution in [3.8, 4) is 17.2 Å². The summed E-state index contributed by atoms with van der Waals surface area (Å²) >= 11 is 5.28. The van der Waals surface area contributed by atoms with Gasteiger partial charge in [-0.25, -0.2) is 4.98 Å². The van der Waals surface area contributed by atoms with Gasteiger partial charge in [-0.1, -0.05) is 26.0 Å². The first-order chi connectivity index (χ1) is 16.0. The van der Waals surface area contributed by atoms with Crippen molar-refractivity contribution >= 4 is 40.0 Å². The molecule has 0 saturated heterocycles.